The quantitative estimate of drug-likeness (QED) is 0.485. The predicted octanol–water partition coefficient (Wildman–Crippen LogP) is 5.76. The van der Waals surface area contributed by atoms with Gasteiger partial charge in [0, 0.05) is 23.6 Å². The van der Waals surface area contributed by atoms with Crippen molar-refractivity contribution in [2.24, 2.45) is 5.41 Å². The fourth-order valence-electron chi connectivity index (χ4n) is 3.49. The van der Waals surface area contributed by atoms with Gasteiger partial charge in [-0.25, -0.2) is 9.37 Å². The van der Waals surface area contributed by atoms with Crippen LogP contribution in [-0.4, -0.2) is 22.0 Å². The molecular formula is C25H25FN2O3. The molecule has 1 amide bonds. The highest BCUT2D eigenvalue weighted by Crippen LogP contribution is 2.31. The molecule has 0 atom stereocenters. The van der Waals surface area contributed by atoms with Crippen molar-refractivity contribution in [1.82, 2.24) is 4.98 Å². The summed E-state index contributed by atoms with van der Waals surface area (Å²) in [6.07, 6.45) is 4.36. The van der Waals surface area contributed by atoms with Crippen LogP contribution in [0.5, 0.6) is 0 Å². The zero-order valence-corrected chi connectivity index (χ0v) is 17.6. The number of aromatic nitrogens is 1. The van der Waals surface area contributed by atoms with Crippen LogP contribution in [0.3, 0.4) is 0 Å². The highest BCUT2D eigenvalue weighted by atomic mass is 19.1. The zero-order chi connectivity index (χ0) is 22.4. The summed E-state index contributed by atoms with van der Waals surface area (Å²) < 4.78 is 13.4. The fourth-order valence-corrected chi connectivity index (χ4v) is 3.49. The van der Waals surface area contributed by atoms with Crippen LogP contribution < -0.4 is 5.32 Å². The van der Waals surface area contributed by atoms with Crippen molar-refractivity contribution in [1.29, 1.82) is 0 Å². The lowest BCUT2D eigenvalue weighted by Gasteiger charge is -2.25. The number of nitrogens with zero attached hydrogens (tertiary/aromatic N) is 1. The Hall–Kier alpha value is -3.54. The molecule has 0 bridgehead atoms. The first kappa shape index (κ1) is 22.2. The number of hydrogen-bond donors (Lipinski definition) is 2. The Bertz CT molecular complexity index is 1140. The Kier molecular flexibility index (Phi) is 6.80. The molecule has 31 heavy (non-hydrogen) atoms. The minimum absolute atomic E-state index is 0.0764. The number of benzene rings is 2. The van der Waals surface area contributed by atoms with Crippen molar-refractivity contribution in [3.8, 4) is 0 Å². The molecule has 0 aliphatic rings. The van der Waals surface area contributed by atoms with Crippen LogP contribution in [0.15, 0.2) is 54.6 Å². The second-order valence-electron chi connectivity index (χ2n) is 7.55. The molecule has 6 heteroatoms. The van der Waals surface area contributed by atoms with E-state index in [2.05, 4.69) is 10.3 Å². The van der Waals surface area contributed by atoms with Crippen LogP contribution in [0.4, 0.5) is 10.1 Å². The number of amides is 1. The summed E-state index contributed by atoms with van der Waals surface area (Å²) in [6.45, 7) is 3.57. The summed E-state index contributed by atoms with van der Waals surface area (Å²) in [5.74, 6) is -1.61. The molecule has 0 aliphatic carbocycles. The largest absolute Gasteiger partial charge is 0.481 e. The van der Waals surface area contributed by atoms with Crippen LogP contribution in [0.25, 0.3) is 23.1 Å². The van der Waals surface area contributed by atoms with Crippen LogP contribution in [-0.2, 0) is 9.59 Å². The zero-order valence-electron chi connectivity index (χ0n) is 17.6. The lowest BCUT2D eigenvalue weighted by atomic mass is 9.79. The van der Waals surface area contributed by atoms with Crippen molar-refractivity contribution in [2.75, 3.05) is 5.32 Å². The average Bonchev–Trinajstić information content (AvgIpc) is 2.75. The standard InChI is InChI=1S/C25H25FN2O3/c1-3-25(4-2,24(30)31)16-23(29)28-21-7-5-6-17(14-21)8-12-20-13-10-18-9-11-19(26)15-22(18)27-20/h5-15H,3-4,16H2,1-2H3,(H,28,29)(H,30,31)/b12-8+. The number of aliphatic carboxylic acids is 1. The fraction of sp³-hybridized carbons (Fsp3) is 0.240. The number of rotatable bonds is 8. The van der Waals surface area contributed by atoms with E-state index in [4.69, 9.17) is 0 Å². The Morgan fingerprint density at radius 1 is 1.06 bits per heavy atom. The first-order valence-corrected chi connectivity index (χ1v) is 10.2. The summed E-state index contributed by atoms with van der Waals surface area (Å²) in [4.78, 5) is 28.5. The molecule has 3 aromatic rings. The molecule has 0 saturated heterocycles. The monoisotopic (exact) mass is 420 g/mol. The van der Waals surface area contributed by atoms with Crippen LogP contribution in [0.2, 0.25) is 0 Å². The summed E-state index contributed by atoms with van der Waals surface area (Å²) in [5.41, 5.74) is 1.64. The minimum Gasteiger partial charge on any atom is -0.481 e. The maximum atomic E-state index is 13.4. The lowest BCUT2D eigenvalue weighted by molar-refractivity contribution is -0.151. The van der Waals surface area contributed by atoms with Gasteiger partial charge < -0.3 is 10.4 Å². The van der Waals surface area contributed by atoms with Crippen molar-refractivity contribution >= 4 is 40.6 Å². The highest BCUT2D eigenvalue weighted by molar-refractivity contribution is 5.94. The number of nitrogens with one attached hydrogen (secondary N) is 1. The van der Waals surface area contributed by atoms with Crippen molar-refractivity contribution < 1.29 is 19.1 Å². The number of fused-ring (bicyclic) bond motifs is 1. The highest BCUT2D eigenvalue weighted by Gasteiger charge is 2.37. The molecule has 160 valence electrons. The van der Waals surface area contributed by atoms with Gasteiger partial charge in [-0.2, -0.15) is 0 Å². The van der Waals surface area contributed by atoms with Gasteiger partial charge in [-0.3, -0.25) is 9.59 Å². The smallest absolute Gasteiger partial charge is 0.310 e. The first-order valence-electron chi connectivity index (χ1n) is 10.2. The van der Waals surface area contributed by atoms with Gasteiger partial charge in [0.25, 0.3) is 0 Å². The van der Waals surface area contributed by atoms with E-state index in [0.29, 0.717) is 29.7 Å². The molecule has 1 aromatic heterocycles. The number of carbonyl (C=O) groups excluding carboxylic acids is 1. The van der Waals surface area contributed by atoms with Gasteiger partial charge in [0.15, 0.2) is 0 Å². The molecule has 0 spiro atoms. The third-order valence-corrected chi connectivity index (χ3v) is 5.60. The Labute approximate surface area is 180 Å². The lowest BCUT2D eigenvalue weighted by Crippen LogP contribution is -2.34. The van der Waals surface area contributed by atoms with Gasteiger partial charge in [-0.05, 0) is 54.8 Å². The molecule has 0 aliphatic heterocycles. The molecule has 0 unspecified atom stereocenters. The predicted molar refractivity (Wildman–Crippen MR) is 121 cm³/mol. The van der Waals surface area contributed by atoms with Crippen molar-refractivity contribution in [3.63, 3.8) is 0 Å². The normalized spacial score (nSPS) is 11.7. The van der Waals surface area contributed by atoms with Gasteiger partial charge in [-0.1, -0.05) is 38.1 Å². The molecule has 1 heterocycles. The minimum atomic E-state index is -1.05. The molecule has 5 nitrogen and oxygen atoms in total. The van der Waals surface area contributed by atoms with Crippen LogP contribution in [0, 0.1) is 11.2 Å². The van der Waals surface area contributed by atoms with E-state index in [-0.39, 0.29) is 18.1 Å². The summed E-state index contributed by atoms with van der Waals surface area (Å²) in [7, 11) is 0. The van der Waals surface area contributed by atoms with E-state index in [1.807, 2.05) is 36.4 Å². The second kappa shape index (κ2) is 9.51. The SMILES string of the molecule is CCC(CC)(CC(=O)Nc1cccc(/C=C/c2ccc3ccc(F)cc3n2)c1)C(=O)O. The Balaban J connectivity index is 1.73. The van der Waals surface area contributed by atoms with Gasteiger partial charge in [0.1, 0.15) is 5.82 Å². The second-order valence-corrected chi connectivity index (χ2v) is 7.55. The number of carboxylic acids is 1. The van der Waals surface area contributed by atoms with E-state index in [1.165, 1.54) is 12.1 Å². The molecule has 0 saturated carbocycles. The topological polar surface area (TPSA) is 79.3 Å². The van der Waals surface area contributed by atoms with Gasteiger partial charge in [0.2, 0.25) is 5.91 Å². The van der Waals surface area contributed by atoms with E-state index < -0.39 is 11.4 Å². The number of carbonyl (C=O) groups is 2. The summed E-state index contributed by atoms with van der Waals surface area (Å²) in [5, 5.41) is 13.2. The van der Waals surface area contributed by atoms with Crippen LogP contribution >= 0.6 is 0 Å². The molecule has 2 aromatic carbocycles. The third kappa shape index (κ3) is 5.34. The molecule has 3 rings (SSSR count). The van der Waals surface area contributed by atoms with Gasteiger partial charge in [0.05, 0.1) is 16.6 Å². The number of halogens is 1. The van der Waals surface area contributed by atoms with Crippen LogP contribution in [0.1, 0.15) is 44.4 Å². The van der Waals surface area contributed by atoms with E-state index in [1.54, 1.807) is 32.0 Å². The summed E-state index contributed by atoms with van der Waals surface area (Å²) in [6, 6.07) is 15.5. The van der Waals surface area contributed by atoms with E-state index in [0.717, 1.165) is 10.9 Å². The van der Waals surface area contributed by atoms with E-state index in [9.17, 15) is 19.1 Å². The Morgan fingerprint density at radius 2 is 1.81 bits per heavy atom. The maximum absolute atomic E-state index is 13.4. The third-order valence-electron chi connectivity index (χ3n) is 5.60. The molecule has 0 fully saturated rings. The number of anilines is 1. The number of pyridine rings is 1. The average molecular weight is 420 g/mol. The molecule has 0 radical (unpaired) electrons. The Morgan fingerprint density at radius 3 is 2.52 bits per heavy atom. The maximum Gasteiger partial charge on any atom is 0.310 e. The van der Waals surface area contributed by atoms with Gasteiger partial charge >= 0.3 is 5.97 Å². The number of hydrogen-bond acceptors (Lipinski definition) is 3. The van der Waals surface area contributed by atoms with Crippen molar-refractivity contribution in [2.45, 2.75) is 33.1 Å². The van der Waals surface area contributed by atoms with Gasteiger partial charge in [-0.15, -0.1) is 0 Å². The van der Waals surface area contributed by atoms with E-state index >= 15 is 0 Å². The molecular weight excluding hydrogens is 395 g/mol. The number of carboxylic acid groups (broad SMARTS) is 1. The van der Waals surface area contributed by atoms with Crippen molar-refractivity contribution in [3.05, 3.63) is 71.7 Å². The summed E-state index contributed by atoms with van der Waals surface area (Å²) >= 11 is 0. The molecule has 2 N–H and O–H groups in total. The first-order chi connectivity index (χ1) is 14.8.